The number of nitrogens with one attached hydrogen (secondary N) is 2. The lowest BCUT2D eigenvalue weighted by Crippen LogP contribution is -2.30. The molecule has 1 amide bonds. The number of ether oxygens (including phenoxy) is 1. The summed E-state index contributed by atoms with van der Waals surface area (Å²) >= 11 is 0. The van der Waals surface area contributed by atoms with Gasteiger partial charge in [0.1, 0.15) is 5.69 Å². The third kappa shape index (κ3) is 3.84. The van der Waals surface area contributed by atoms with E-state index in [9.17, 15) is 4.79 Å². The lowest BCUT2D eigenvalue weighted by Gasteiger charge is -2.22. The van der Waals surface area contributed by atoms with Gasteiger partial charge >= 0.3 is 0 Å². The Morgan fingerprint density at radius 2 is 2.22 bits per heavy atom. The van der Waals surface area contributed by atoms with Gasteiger partial charge in [0.25, 0.3) is 5.91 Å². The van der Waals surface area contributed by atoms with Crippen LogP contribution in [-0.2, 0) is 4.74 Å². The lowest BCUT2D eigenvalue weighted by molar-refractivity contribution is 0.0997. The molecule has 2 aromatic heterocycles. The van der Waals surface area contributed by atoms with Crippen molar-refractivity contribution in [3.05, 3.63) is 48.5 Å². The van der Waals surface area contributed by atoms with Gasteiger partial charge in [0.2, 0.25) is 0 Å². The minimum absolute atomic E-state index is 0.158. The summed E-state index contributed by atoms with van der Waals surface area (Å²) in [6.45, 7) is 2.90. The molecule has 0 saturated carbocycles. The van der Waals surface area contributed by atoms with Gasteiger partial charge in [-0.1, -0.05) is 6.07 Å². The van der Waals surface area contributed by atoms with E-state index in [4.69, 9.17) is 4.74 Å². The predicted octanol–water partition coefficient (Wildman–Crippen LogP) is 2.71. The molecule has 0 bridgehead atoms. The van der Waals surface area contributed by atoms with Crippen molar-refractivity contribution >= 4 is 17.3 Å². The molecule has 0 aromatic carbocycles. The average molecular weight is 312 g/mol. The molecule has 1 saturated heterocycles. The summed E-state index contributed by atoms with van der Waals surface area (Å²) in [5.41, 5.74) is 1.83. The van der Waals surface area contributed by atoms with Gasteiger partial charge in [-0.15, -0.1) is 0 Å². The van der Waals surface area contributed by atoms with Crippen LogP contribution in [0.4, 0.5) is 11.4 Å². The summed E-state index contributed by atoms with van der Waals surface area (Å²) < 4.78 is 5.70. The van der Waals surface area contributed by atoms with Crippen LogP contribution in [0.2, 0.25) is 0 Å². The number of rotatable bonds is 5. The molecule has 1 fully saturated rings. The summed E-state index contributed by atoms with van der Waals surface area (Å²) in [4.78, 5) is 20.4. The van der Waals surface area contributed by atoms with E-state index in [1.165, 1.54) is 0 Å². The number of aromatic nitrogens is 2. The molecular weight excluding hydrogens is 292 g/mol. The molecule has 2 atom stereocenters. The van der Waals surface area contributed by atoms with E-state index in [2.05, 4.69) is 27.5 Å². The number of hydrogen-bond donors (Lipinski definition) is 2. The molecular formula is C17H20N4O2. The Morgan fingerprint density at radius 3 is 2.96 bits per heavy atom. The first kappa shape index (κ1) is 15.4. The standard InChI is InChI=1S/C17H20N4O2/c1-12(16-6-4-10-23-16)20-13-7-9-18-11-15(13)21-17(22)14-5-2-3-8-19-14/h2-3,5,7-9,11-12,16H,4,6,10H2,1H3,(H,18,20)(H,21,22)/t12-,16-/m0/s1. The van der Waals surface area contributed by atoms with Gasteiger partial charge in [-0.2, -0.15) is 0 Å². The van der Waals surface area contributed by atoms with E-state index in [0.29, 0.717) is 11.4 Å². The third-order valence-corrected chi connectivity index (χ3v) is 3.87. The number of nitrogens with zero attached hydrogens (tertiary/aromatic N) is 2. The van der Waals surface area contributed by atoms with Crippen LogP contribution in [0.5, 0.6) is 0 Å². The van der Waals surface area contributed by atoms with Crippen molar-refractivity contribution < 1.29 is 9.53 Å². The number of carbonyl (C=O) groups is 1. The number of amides is 1. The summed E-state index contributed by atoms with van der Waals surface area (Å²) in [6, 6.07) is 7.24. The van der Waals surface area contributed by atoms with Gasteiger partial charge in [0.15, 0.2) is 0 Å². The van der Waals surface area contributed by atoms with Crippen LogP contribution < -0.4 is 10.6 Å². The van der Waals surface area contributed by atoms with Crippen molar-refractivity contribution in [1.29, 1.82) is 0 Å². The molecule has 120 valence electrons. The highest BCUT2D eigenvalue weighted by atomic mass is 16.5. The number of hydrogen-bond acceptors (Lipinski definition) is 5. The molecule has 3 rings (SSSR count). The molecule has 23 heavy (non-hydrogen) atoms. The number of carbonyl (C=O) groups excluding carboxylic acids is 1. The molecule has 1 aliphatic heterocycles. The van der Waals surface area contributed by atoms with Crippen molar-refractivity contribution in [2.45, 2.75) is 31.9 Å². The maximum Gasteiger partial charge on any atom is 0.274 e. The van der Waals surface area contributed by atoms with Crippen LogP contribution in [0.25, 0.3) is 0 Å². The van der Waals surface area contributed by atoms with Crippen molar-refractivity contribution in [2.24, 2.45) is 0 Å². The Bertz CT molecular complexity index is 657. The van der Waals surface area contributed by atoms with Crippen LogP contribution in [0.1, 0.15) is 30.3 Å². The maximum absolute atomic E-state index is 12.3. The molecule has 2 aromatic rings. The first-order valence-electron chi connectivity index (χ1n) is 7.78. The monoisotopic (exact) mass is 312 g/mol. The minimum atomic E-state index is -0.258. The van der Waals surface area contributed by atoms with Gasteiger partial charge in [-0.05, 0) is 38.0 Å². The van der Waals surface area contributed by atoms with Gasteiger partial charge in [0.05, 0.1) is 23.7 Å². The van der Waals surface area contributed by atoms with Crippen LogP contribution in [-0.4, -0.2) is 34.6 Å². The Kier molecular flexibility index (Phi) is 4.83. The van der Waals surface area contributed by atoms with E-state index in [-0.39, 0.29) is 18.1 Å². The zero-order valence-corrected chi connectivity index (χ0v) is 13.0. The molecule has 6 heteroatoms. The molecule has 0 spiro atoms. The highest BCUT2D eigenvalue weighted by molar-refractivity contribution is 6.04. The molecule has 0 unspecified atom stereocenters. The summed E-state index contributed by atoms with van der Waals surface area (Å²) in [5.74, 6) is -0.258. The molecule has 0 radical (unpaired) electrons. The zero-order valence-electron chi connectivity index (χ0n) is 13.0. The van der Waals surface area contributed by atoms with Gasteiger partial charge in [-0.25, -0.2) is 0 Å². The average Bonchev–Trinajstić information content (AvgIpc) is 3.12. The maximum atomic E-state index is 12.3. The Labute approximate surface area is 135 Å². The van der Waals surface area contributed by atoms with Crippen LogP contribution in [0.3, 0.4) is 0 Å². The fourth-order valence-electron chi connectivity index (χ4n) is 2.64. The first-order chi connectivity index (χ1) is 11.2. The van der Waals surface area contributed by atoms with E-state index >= 15 is 0 Å². The van der Waals surface area contributed by atoms with E-state index in [0.717, 1.165) is 25.1 Å². The molecule has 0 aliphatic carbocycles. The largest absolute Gasteiger partial charge is 0.378 e. The zero-order chi connectivity index (χ0) is 16.1. The summed E-state index contributed by atoms with van der Waals surface area (Å²) in [7, 11) is 0. The normalized spacial score (nSPS) is 18.4. The second-order valence-electron chi connectivity index (χ2n) is 5.57. The van der Waals surface area contributed by atoms with Crippen LogP contribution in [0, 0.1) is 0 Å². The van der Waals surface area contributed by atoms with Gasteiger partial charge in [-0.3, -0.25) is 14.8 Å². The fourth-order valence-corrected chi connectivity index (χ4v) is 2.64. The molecule has 2 N–H and O–H groups in total. The Balaban J connectivity index is 1.71. The smallest absolute Gasteiger partial charge is 0.274 e. The molecule has 3 heterocycles. The number of pyridine rings is 2. The van der Waals surface area contributed by atoms with Gasteiger partial charge < -0.3 is 15.4 Å². The SMILES string of the molecule is C[C@H](Nc1ccncc1NC(=O)c1ccccn1)[C@@H]1CCCO1. The summed E-state index contributed by atoms with van der Waals surface area (Å²) in [6.07, 6.45) is 7.26. The quantitative estimate of drug-likeness (QED) is 0.888. The van der Waals surface area contributed by atoms with Crippen molar-refractivity contribution in [3.8, 4) is 0 Å². The van der Waals surface area contributed by atoms with Crippen LogP contribution >= 0.6 is 0 Å². The second-order valence-corrected chi connectivity index (χ2v) is 5.57. The lowest BCUT2D eigenvalue weighted by atomic mass is 10.1. The van der Waals surface area contributed by atoms with E-state index < -0.39 is 0 Å². The van der Waals surface area contributed by atoms with E-state index in [1.54, 1.807) is 36.8 Å². The highest BCUT2D eigenvalue weighted by Crippen LogP contribution is 2.24. The van der Waals surface area contributed by atoms with Crippen molar-refractivity contribution in [2.75, 3.05) is 17.2 Å². The third-order valence-electron chi connectivity index (χ3n) is 3.87. The fraction of sp³-hybridized carbons (Fsp3) is 0.353. The number of anilines is 2. The van der Waals surface area contributed by atoms with Gasteiger partial charge in [0, 0.05) is 25.0 Å². The first-order valence-corrected chi connectivity index (χ1v) is 7.78. The highest BCUT2D eigenvalue weighted by Gasteiger charge is 2.23. The molecule has 1 aliphatic rings. The molecule has 6 nitrogen and oxygen atoms in total. The predicted molar refractivity (Wildman–Crippen MR) is 88.5 cm³/mol. The Hall–Kier alpha value is -2.47. The Morgan fingerprint density at radius 1 is 1.30 bits per heavy atom. The second kappa shape index (κ2) is 7.19. The summed E-state index contributed by atoms with van der Waals surface area (Å²) in [5, 5.41) is 6.26. The minimum Gasteiger partial charge on any atom is -0.378 e. The van der Waals surface area contributed by atoms with Crippen LogP contribution in [0.15, 0.2) is 42.9 Å². The van der Waals surface area contributed by atoms with Crippen molar-refractivity contribution in [3.63, 3.8) is 0 Å². The topological polar surface area (TPSA) is 76.1 Å². The van der Waals surface area contributed by atoms with Crippen molar-refractivity contribution in [1.82, 2.24) is 9.97 Å². The van der Waals surface area contributed by atoms with E-state index in [1.807, 2.05) is 6.07 Å².